The van der Waals surface area contributed by atoms with Gasteiger partial charge in [0.05, 0.1) is 12.1 Å². The summed E-state index contributed by atoms with van der Waals surface area (Å²) in [6, 6.07) is 10.8. The number of aromatic nitrogens is 1. The van der Waals surface area contributed by atoms with Gasteiger partial charge in [0.15, 0.2) is 0 Å². The van der Waals surface area contributed by atoms with Crippen molar-refractivity contribution >= 4 is 17.5 Å². The molecule has 132 valence electrons. The number of carbonyl (C=O) groups is 1. The van der Waals surface area contributed by atoms with Crippen LogP contribution in [0.15, 0.2) is 42.6 Å². The van der Waals surface area contributed by atoms with Gasteiger partial charge in [-0.25, -0.2) is 4.98 Å². The lowest BCUT2D eigenvalue weighted by Crippen LogP contribution is -2.39. The largest absolute Gasteiger partial charge is 0.497 e. The molecule has 0 unspecified atom stereocenters. The molecular formula is C19H21ClN2O3. The van der Waals surface area contributed by atoms with Crippen molar-refractivity contribution in [3.63, 3.8) is 0 Å². The zero-order valence-corrected chi connectivity index (χ0v) is 14.8. The van der Waals surface area contributed by atoms with Gasteiger partial charge in [-0.1, -0.05) is 11.6 Å². The van der Waals surface area contributed by atoms with Crippen molar-refractivity contribution in [2.24, 2.45) is 0 Å². The van der Waals surface area contributed by atoms with Crippen molar-refractivity contribution in [2.75, 3.05) is 7.11 Å². The van der Waals surface area contributed by atoms with Crippen LogP contribution in [0.3, 0.4) is 0 Å². The highest BCUT2D eigenvalue weighted by Crippen LogP contribution is 2.24. The van der Waals surface area contributed by atoms with E-state index in [-0.39, 0.29) is 18.1 Å². The summed E-state index contributed by atoms with van der Waals surface area (Å²) >= 11 is 5.82. The number of hydrogen-bond acceptors (Lipinski definition) is 4. The highest BCUT2D eigenvalue weighted by atomic mass is 35.5. The number of pyridine rings is 1. The van der Waals surface area contributed by atoms with Crippen molar-refractivity contribution < 1.29 is 14.3 Å². The van der Waals surface area contributed by atoms with Gasteiger partial charge in [-0.15, -0.1) is 0 Å². The second-order valence-electron chi connectivity index (χ2n) is 6.11. The molecule has 0 saturated heterocycles. The molecule has 1 fully saturated rings. The molecule has 2 aromatic rings. The Morgan fingerprint density at radius 2 is 1.84 bits per heavy atom. The third kappa shape index (κ3) is 4.86. The van der Waals surface area contributed by atoms with Gasteiger partial charge in [-0.3, -0.25) is 4.79 Å². The van der Waals surface area contributed by atoms with Crippen molar-refractivity contribution in [3.05, 3.63) is 53.2 Å². The maximum atomic E-state index is 12.3. The standard InChI is InChI=1S/C19H21ClN2O3/c1-24-16-7-2-13(3-8-16)19(23)22-15-5-9-17(10-6-15)25-18-11-4-14(20)12-21-18/h2-4,7-8,11-12,15,17H,5-6,9-10H2,1H3,(H,22,23). The van der Waals surface area contributed by atoms with Crippen LogP contribution in [0.25, 0.3) is 0 Å². The molecule has 0 bridgehead atoms. The van der Waals surface area contributed by atoms with E-state index in [1.54, 1.807) is 49.7 Å². The molecule has 1 amide bonds. The van der Waals surface area contributed by atoms with Crippen LogP contribution in [0.4, 0.5) is 0 Å². The lowest BCUT2D eigenvalue weighted by molar-refractivity contribution is 0.0890. The van der Waals surface area contributed by atoms with Crippen LogP contribution in [0.5, 0.6) is 11.6 Å². The summed E-state index contributed by atoms with van der Waals surface area (Å²) in [7, 11) is 1.61. The average molecular weight is 361 g/mol. The first-order valence-corrected chi connectivity index (χ1v) is 8.75. The average Bonchev–Trinajstić information content (AvgIpc) is 2.65. The Kier molecular flexibility index (Phi) is 5.76. The quantitative estimate of drug-likeness (QED) is 0.879. The first kappa shape index (κ1) is 17.5. The minimum atomic E-state index is -0.0496. The van der Waals surface area contributed by atoms with Crippen molar-refractivity contribution in [1.82, 2.24) is 10.3 Å². The Morgan fingerprint density at radius 1 is 1.12 bits per heavy atom. The smallest absolute Gasteiger partial charge is 0.251 e. The molecule has 5 nitrogen and oxygen atoms in total. The van der Waals surface area contributed by atoms with Crippen LogP contribution in [0.2, 0.25) is 5.02 Å². The number of rotatable bonds is 5. The van der Waals surface area contributed by atoms with E-state index < -0.39 is 0 Å². The Hall–Kier alpha value is -2.27. The third-order valence-corrected chi connectivity index (χ3v) is 4.57. The number of amides is 1. The molecule has 1 aromatic heterocycles. The SMILES string of the molecule is COc1ccc(C(=O)NC2CCC(Oc3ccc(Cl)cn3)CC2)cc1. The second kappa shape index (κ2) is 8.21. The number of carbonyl (C=O) groups excluding carboxylic acids is 1. The zero-order chi connectivity index (χ0) is 17.6. The fourth-order valence-corrected chi connectivity index (χ4v) is 3.05. The van der Waals surface area contributed by atoms with E-state index in [9.17, 15) is 4.79 Å². The molecule has 1 heterocycles. The first-order valence-electron chi connectivity index (χ1n) is 8.37. The molecule has 3 rings (SSSR count). The minimum Gasteiger partial charge on any atom is -0.497 e. The van der Waals surface area contributed by atoms with Gasteiger partial charge < -0.3 is 14.8 Å². The summed E-state index contributed by atoms with van der Waals surface area (Å²) in [6.45, 7) is 0. The van der Waals surface area contributed by atoms with Crippen molar-refractivity contribution in [1.29, 1.82) is 0 Å². The summed E-state index contributed by atoms with van der Waals surface area (Å²) in [5.41, 5.74) is 0.643. The molecule has 0 radical (unpaired) electrons. The third-order valence-electron chi connectivity index (χ3n) is 4.35. The molecule has 1 aliphatic carbocycles. The van der Waals surface area contributed by atoms with E-state index in [2.05, 4.69) is 10.3 Å². The number of methoxy groups -OCH3 is 1. The number of nitrogens with one attached hydrogen (secondary N) is 1. The monoisotopic (exact) mass is 360 g/mol. The predicted molar refractivity (Wildman–Crippen MR) is 96.4 cm³/mol. The molecule has 6 heteroatoms. The minimum absolute atomic E-state index is 0.0496. The van der Waals surface area contributed by atoms with Crippen LogP contribution >= 0.6 is 11.6 Å². The summed E-state index contributed by atoms with van der Waals surface area (Å²) in [6.07, 6.45) is 5.26. The van der Waals surface area contributed by atoms with E-state index in [1.807, 2.05) is 0 Å². The number of halogens is 1. The van der Waals surface area contributed by atoms with Crippen LogP contribution in [-0.4, -0.2) is 30.1 Å². The van der Waals surface area contributed by atoms with E-state index in [1.165, 1.54) is 0 Å². The van der Waals surface area contributed by atoms with Gasteiger partial charge >= 0.3 is 0 Å². The van der Waals surface area contributed by atoms with Gasteiger partial charge in [-0.2, -0.15) is 0 Å². The molecule has 1 aliphatic rings. The van der Waals surface area contributed by atoms with Crippen molar-refractivity contribution in [3.8, 4) is 11.6 Å². The predicted octanol–water partition coefficient (Wildman–Crippen LogP) is 3.86. The number of ether oxygens (including phenoxy) is 2. The van der Waals surface area contributed by atoms with Crippen LogP contribution < -0.4 is 14.8 Å². The normalized spacial score (nSPS) is 19.9. The zero-order valence-electron chi connectivity index (χ0n) is 14.1. The fraction of sp³-hybridized carbons (Fsp3) is 0.368. The van der Waals surface area contributed by atoms with Gasteiger partial charge in [-0.05, 0) is 56.0 Å². The molecule has 0 atom stereocenters. The molecule has 1 aromatic carbocycles. The molecule has 0 spiro atoms. The summed E-state index contributed by atoms with van der Waals surface area (Å²) in [4.78, 5) is 16.5. The van der Waals surface area contributed by atoms with Gasteiger partial charge in [0.25, 0.3) is 5.91 Å². The van der Waals surface area contributed by atoms with Crippen LogP contribution in [0.1, 0.15) is 36.0 Å². The van der Waals surface area contributed by atoms with E-state index in [0.717, 1.165) is 31.4 Å². The van der Waals surface area contributed by atoms with E-state index in [4.69, 9.17) is 21.1 Å². The Morgan fingerprint density at radius 3 is 2.44 bits per heavy atom. The number of hydrogen-bond donors (Lipinski definition) is 1. The Bertz CT molecular complexity index is 696. The fourth-order valence-electron chi connectivity index (χ4n) is 2.94. The van der Waals surface area contributed by atoms with Crippen LogP contribution in [0, 0.1) is 0 Å². The Balaban J connectivity index is 1.46. The molecule has 25 heavy (non-hydrogen) atoms. The van der Waals surface area contributed by atoms with Crippen molar-refractivity contribution in [2.45, 2.75) is 37.8 Å². The van der Waals surface area contributed by atoms with E-state index in [0.29, 0.717) is 16.5 Å². The van der Waals surface area contributed by atoms with Crippen LogP contribution in [-0.2, 0) is 0 Å². The van der Waals surface area contributed by atoms with Gasteiger partial charge in [0, 0.05) is 23.9 Å². The number of benzene rings is 1. The molecule has 0 aliphatic heterocycles. The highest BCUT2D eigenvalue weighted by molar-refractivity contribution is 6.30. The molecular weight excluding hydrogens is 340 g/mol. The maximum absolute atomic E-state index is 12.3. The first-order chi connectivity index (χ1) is 12.1. The molecule has 1 N–H and O–H groups in total. The topological polar surface area (TPSA) is 60.5 Å². The highest BCUT2D eigenvalue weighted by Gasteiger charge is 2.24. The summed E-state index contributed by atoms with van der Waals surface area (Å²) < 4.78 is 11.0. The lowest BCUT2D eigenvalue weighted by atomic mass is 9.92. The maximum Gasteiger partial charge on any atom is 0.251 e. The Labute approximate surface area is 152 Å². The summed E-state index contributed by atoms with van der Waals surface area (Å²) in [5, 5.41) is 3.69. The van der Waals surface area contributed by atoms with Gasteiger partial charge in [0.2, 0.25) is 5.88 Å². The molecule has 1 saturated carbocycles. The van der Waals surface area contributed by atoms with E-state index >= 15 is 0 Å². The lowest BCUT2D eigenvalue weighted by Gasteiger charge is -2.29. The number of nitrogens with zero attached hydrogens (tertiary/aromatic N) is 1. The summed E-state index contributed by atoms with van der Waals surface area (Å²) in [5.74, 6) is 1.28. The van der Waals surface area contributed by atoms with Gasteiger partial charge in [0.1, 0.15) is 11.9 Å². The second-order valence-corrected chi connectivity index (χ2v) is 6.54.